The SMILES string of the molecule is Clc1ccc(C2CNCC3(CCCC3)CO2)cc1. The highest BCUT2D eigenvalue weighted by Gasteiger charge is 2.36. The number of hydrogen-bond acceptors (Lipinski definition) is 2. The zero-order valence-corrected chi connectivity index (χ0v) is 11.4. The molecule has 1 spiro atoms. The highest BCUT2D eigenvalue weighted by Crippen LogP contribution is 2.40. The lowest BCUT2D eigenvalue weighted by atomic mass is 9.87. The fourth-order valence-corrected chi connectivity index (χ4v) is 3.32. The molecule has 1 N–H and O–H groups in total. The minimum absolute atomic E-state index is 0.169. The zero-order chi connectivity index (χ0) is 12.4. The van der Waals surface area contributed by atoms with Crippen molar-refractivity contribution in [2.24, 2.45) is 5.41 Å². The van der Waals surface area contributed by atoms with Gasteiger partial charge < -0.3 is 10.1 Å². The van der Waals surface area contributed by atoms with Gasteiger partial charge in [-0.15, -0.1) is 0 Å². The van der Waals surface area contributed by atoms with Crippen molar-refractivity contribution in [3.63, 3.8) is 0 Å². The summed E-state index contributed by atoms with van der Waals surface area (Å²) in [6.07, 6.45) is 5.51. The molecule has 2 nitrogen and oxygen atoms in total. The van der Waals surface area contributed by atoms with Crippen LogP contribution in [-0.4, -0.2) is 19.7 Å². The largest absolute Gasteiger partial charge is 0.372 e. The maximum atomic E-state index is 6.16. The molecule has 1 heterocycles. The Morgan fingerprint density at radius 3 is 2.61 bits per heavy atom. The Labute approximate surface area is 114 Å². The third-order valence-corrected chi connectivity index (χ3v) is 4.58. The van der Waals surface area contributed by atoms with E-state index in [1.54, 1.807) is 0 Å². The molecule has 1 atom stereocenters. The molecule has 98 valence electrons. The molecule has 1 aliphatic heterocycles. The summed E-state index contributed by atoms with van der Waals surface area (Å²) in [7, 11) is 0. The highest BCUT2D eigenvalue weighted by molar-refractivity contribution is 6.30. The Balaban J connectivity index is 1.70. The second-order valence-electron chi connectivity index (χ2n) is 5.69. The van der Waals surface area contributed by atoms with E-state index in [0.29, 0.717) is 5.41 Å². The molecule has 0 aromatic heterocycles. The molecule has 1 aromatic rings. The van der Waals surface area contributed by atoms with E-state index >= 15 is 0 Å². The van der Waals surface area contributed by atoms with E-state index in [-0.39, 0.29) is 6.10 Å². The van der Waals surface area contributed by atoms with Gasteiger partial charge in [-0.25, -0.2) is 0 Å². The molecule has 1 aliphatic carbocycles. The Kier molecular flexibility index (Phi) is 3.60. The molecule has 1 saturated heterocycles. The van der Waals surface area contributed by atoms with Crippen LogP contribution < -0.4 is 5.32 Å². The van der Waals surface area contributed by atoms with Crippen LogP contribution in [0.2, 0.25) is 5.02 Å². The Bertz CT molecular complexity index is 397. The summed E-state index contributed by atoms with van der Waals surface area (Å²) in [6.45, 7) is 2.91. The van der Waals surface area contributed by atoms with E-state index in [0.717, 1.165) is 24.7 Å². The van der Waals surface area contributed by atoms with Crippen LogP contribution in [0.4, 0.5) is 0 Å². The summed E-state index contributed by atoms with van der Waals surface area (Å²) in [5, 5.41) is 4.37. The summed E-state index contributed by atoms with van der Waals surface area (Å²) in [5.74, 6) is 0. The summed E-state index contributed by atoms with van der Waals surface area (Å²) in [6, 6.07) is 8.02. The van der Waals surface area contributed by atoms with Gasteiger partial charge in [0.15, 0.2) is 0 Å². The van der Waals surface area contributed by atoms with E-state index < -0.39 is 0 Å². The molecule has 18 heavy (non-hydrogen) atoms. The lowest BCUT2D eigenvalue weighted by molar-refractivity contribution is 0.0158. The molecule has 0 amide bonds. The number of hydrogen-bond donors (Lipinski definition) is 1. The first-order valence-corrected chi connectivity index (χ1v) is 7.23. The monoisotopic (exact) mass is 265 g/mol. The third kappa shape index (κ3) is 2.56. The average molecular weight is 266 g/mol. The molecule has 1 saturated carbocycles. The van der Waals surface area contributed by atoms with Gasteiger partial charge in [0.25, 0.3) is 0 Å². The smallest absolute Gasteiger partial charge is 0.0949 e. The van der Waals surface area contributed by atoms with Crippen LogP contribution in [0.3, 0.4) is 0 Å². The predicted molar refractivity (Wildman–Crippen MR) is 73.9 cm³/mol. The lowest BCUT2D eigenvalue weighted by Gasteiger charge is -2.26. The molecular weight excluding hydrogens is 246 g/mol. The molecule has 1 unspecified atom stereocenters. The van der Waals surface area contributed by atoms with E-state index in [9.17, 15) is 0 Å². The lowest BCUT2D eigenvalue weighted by Crippen LogP contribution is -2.32. The number of halogens is 1. The van der Waals surface area contributed by atoms with E-state index in [1.165, 1.54) is 31.2 Å². The standard InChI is InChI=1S/C15H20ClNO/c16-13-5-3-12(4-6-13)14-9-17-10-15(11-18-14)7-1-2-8-15/h3-6,14,17H,1-2,7-11H2. The van der Waals surface area contributed by atoms with E-state index in [4.69, 9.17) is 16.3 Å². The van der Waals surface area contributed by atoms with Gasteiger partial charge in [0, 0.05) is 23.5 Å². The zero-order valence-electron chi connectivity index (χ0n) is 10.6. The fourth-order valence-electron chi connectivity index (χ4n) is 3.19. The summed E-state index contributed by atoms with van der Waals surface area (Å²) in [4.78, 5) is 0. The first kappa shape index (κ1) is 12.5. The van der Waals surface area contributed by atoms with Crippen molar-refractivity contribution in [2.45, 2.75) is 31.8 Å². The Hall–Kier alpha value is -0.570. The molecule has 3 rings (SSSR count). The second-order valence-corrected chi connectivity index (χ2v) is 6.13. The van der Waals surface area contributed by atoms with Gasteiger partial charge in [0.1, 0.15) is 0 Å². The minimum atomic E-state index is 0.169. The van der Waals surface area contributed by atoms with Crippen molar-refractivity contribution < 1.29 is 4.74 Å². The normalized spacial score (nSPS) is 27.3. The van der Waals surface area contributed by atoms with Crippen molar-refractivity contribution in [1.82, 2.24) is 5.32 Å². The summed E-state index contributed by atoms with van der Waals surface area (Å²) >= 11 is 5.92. The molecule has 1 aromatic carbocycles. The molecule has 0 bridgehead atoms. The molecule has 2 fully saturated rings. The number of benzene rings is 1. The van der Waals surface area contributed by atoms with Gasteiger partial charge in [0.2, 0.25) is 0 Å². The first-order chi connectivity index (χ1) is 8.77. The Morgan fingerprint density at radius 1 is 1.17 bits per heavy atom. The van der Waals surface area contributed by atoms with Gasteiger partial charge in [-0.05, 0) is 30.5 Å². The Morgan fingerprint density at radius 2 is 1.89 bits per heavy atom. The van der Waals surface area contributed by atoms with Crippen molar-refractivity contribution in [2.75, 3.05) is 19.7 Å². The van der Waals surface area contributed by atoms with Crippen LogP contribution in [0, 0.1) is 5.41 Å². The van der Waals surface area contributed by atoms with Gasteiger partial charge >= 0.3 is 0 Å². The summed E-state index contributed by atoms with van der Waals surface area (Å²) in [5.41, 5.74) is 1.63. The fraction of sp³-hybridized carbons (Fsp3) is 0.600. The van der Waals surface area contributed by atoms with Crippen LogP contribution in [0.1, 0.15) is 37.4 Å². The quantitative estimate of drug-likeness (QED) is 0.838. The average Bonchev–Trinajstić information content (AvgIpc) is 2.73. The van der Waals surface area contributed by atoms with E-state index in [1.807, 2.05) is 12.1 Å². The maximum absolute atomic E-state index is 6.16. The van der Waals surface area contributed by atoms with Crippen molar-refractivity contribution in [3.05, 3.63) is 34.9 Å². The molecule has 0 radical (unpaired) electrons. The van der Waals surface area contributed by atoms with Gasteiger partial charge in [-0.1, -0.05) is 36.6 Å². The summed E-state index contributed by atoms with van der Waals surface area (Å²) < 4.78 is 6.16. The van der Waals surface area contributed by atoms with Gasteiger partial charge in [-0.2, -0.15) is 0 Å². The van der Waals surface area contributed by atoms with Crippen LogP contribution in [0.5, 0.6) is 0 Å². The molecular formula is C15H20ClNO. The van der Waals surface area contributed by atoms with Gasteiger partial charge in [-0.3, -0.25) is 0 Å². The number of rotatable bonds is 1. The van der Waals surface area contributed by atoms with Crippen LogP contribution in [0.25, 0.3) is 0 Å². The maximum Gasteiger partial charge on any atom is 0.0949 e. The van der Waals surface area contributed by atoms with Crippen molar-refractivity contribution >= 4 is 11.6 Å². The van der Waals surface area contributed by atoms with Crippen molar-refractivity contribution in [3.8, 4) is 0 Å². The second kappa shape index (κ2) is 5.20. The first-order valence-electron chi connectivity index (χ1n) is 6.85. The topological polar surface area (TPSA) is 21.3 Å². The van der Waals surface area contributed by atoms with Crippen LogP contribution in [0.15, 0.2) is 24.3 Å². The number of nitrogens with one attached hydrogen (secondary N) is 1. The predicted octanol–water partition coefficient (Wildman–Crippen LogP) is 3.56. The minimum Gasteiger partial charge on any atom is -0.372 e. The molecule has 3 heteroatoms. The molecule has 2 aliphatic rings. The number of ether oxygens (including phenoxy) is 1. The van der Waals surface area contributed by atoms with Crippen LogP contribution >= 0.6 is 11.6 Å². The van der Waals surface area contributed by atoms with Crippen molar-refractivity contribution in [1.29, 1.82) is 0 Å². The van der Waals surface area contributed by atoms with Crippen LogP contribution in [-0.2, 0) is 4.74 Å². The highest BCUT2D eigenvalue weighted by atomic mass is 35.5. The third-order valence-electron chi connectivity index (χ3n) is 4.33. The van der Waals surface area contributed by atoms with E-state index in [2.05, 4.69) is 17.4 Å². The van der Waals surface area contributed by atoms with Gasteiger partial charge in [0.05, 0.1) is 12.7 Å².